The molecule has 0 aromatic heterocycles. The Labute approximate surface area is 191 Å². The standard InChI is InChI=1S/C26H36N4O2/c1-3-19-8-12-23(13-9-19)29-25(31)27-17-21-6-5-7-22(16-21)18-28-26(32)30-24-14-10-20(4-2)11-15-24/h8-15,21-22H,3-7,16-18H2,1-2H3,(H2,27,29,31)(H2,28,30,32). The highest BCUT2D eigenvalue weighted by atomic mass is 16.2. The third kappa shape index (κ3) is 7.59. The van der Waals surface area contributed by atoms with Crippen LogP contribution in [0.4, 0.5) is 21.0 Å². The monoisotopic (exact) mass is 436 g/mol. The summed E-state index contributed by atoms with van der Waals surface area (Å²) in [7, 11) is 0. The lowest BCUT2D eigenvalue weighted by molar-refractivity contribution is 0.230. The van der Waals surface area contributed by atoms with Crippen molar-refractivity contribution in [3.05, 3.63) is 59.7 Å². The number of rotatable bonds is 8. The molecule has 1 aliphatic rings. The van der Waals surface area contributed by atoms with E-state index < -0.39 is 0 Å². The largest absolute Gasteiger partial charge is 0.338 e. The van der Waals surface area contributed by atoms with Crippen LogP contribution < -0.4 is 21.3 Å². The highest BCUT2D eigenvalue weighted by Crippen LogP contribution is 2.28. The molecule has 0 heterocycles. The first kappa shape index (κ1) is 23.6. The molecular weight excluding hydrogens is 400 g/mol. The van der Waals surface area contributed by atoms with Gasteiger partial charge in [-0.25, -0.2) is 9.59 Å². The Kier molecular flexibility index (Phi) is 8.96. The van der Waals surface area contributed by atoms with Gasteiger partial charge in [-0.3, -0.25) is 0 Å². The highest BCUT2D eigenvalue weighted by molar-refractivity contribution is 5.89. The van der Waals surface area contributed by atoms with Crippen molar-refractivity contribution in [3.8, 4) is 0 Å². The van der Waals surface area contributed by atoms with Gasteiger partial charge in [-0.2, -0.15) is 0 Å². The van der Waals surface area contributed by atoms with E-state index in [-0.39, 0.29) is 12.1 Å². The molecule has 2 atom stereocenters. The second-order valence-electron chi connectivity index (χ2n) is 8.67. The van der Waals surface area contributed by atoms with Gasteiger partial charge in [0.1, 0.15) is 0 Å². The van der Waals surface area contributed by atoms with E-state index in [2.05, 4.69) is 35.1 Å². The van der Waals surface area contributed by atoms with Gasteiger partial charge in [0.25, 0.3) is 0 Å². The van der Waals surface area contributed by atoms with Gasteiger partial charge in [-0.05, 0) is 79.3 Å². The smallest absolute Gasteiger partial charge is 0.319 e. The number of hydrogen-bond acceptors (Lipinski definition) is 2. The zero-order chi connectivity index (χ0) is 22.8. The summed E-state index contributed by atoms with van der Waals surface area (Å²) in [6, 6.07) is 15.5. The van der Waals surface area contributed by atoms with Crippen molar-refractivity contribution >= 4 is 23.4 Å². The molecule has 172 valence electrons. The van der Waals surface area contributed by atoms with Gasteiger partial charge in [0.2, 0.25) is 0 Å². The molecule has 2 unspecified atom stereocenters. The fourth-order valence-corrected chi connectivity index (χ4v) is 4.25. The first-order chi connectivity index (χ1) is 15.6. The molecule has 4 amide bonds. The van der Waals surface area contributed by atoms with Crippen LogP contribution in [-0.4, -0.2) is 25.2 Å². The number of carbonyl (C=O) groups excluding carboxylic acids is 2. The lowest BCUT2D eigenvalue weighted by Gasteiger charge is -2.29. The summed E-state index contributed by atoms with van der Waals surface area (Å²) < 4.78 is 0. The molecular formula is C26H36N4O2. The minimum Gasteiger partial charge on any atom is -0.338 e. The summed E-state index contributed by atoms with van der Waals surface area (Å²) in [6.45, 7) is 5.54. The van der Waals surface area contributed by atoms with Gasteiger partial charge in [-0.1, -0.05) is 44.5 Å². The summed E-state index contributed by atoms with van der Waals surface area (Å²) in [5.74, 6) is 0.877. The van der Waals surface area contributed by atoms with Crippen LogP contribution in [0.1, 0.15) is 50.7 Å². The SMILES string of the molecule is CCc1ccc(NC(=O)NCC2CCCC(CNC(=O)Nc3ccc(CC)cc3)C2)cc1. The first-order valence-corrected chi connectivity index (χ1v) is 11.8. The quantitative estimate of drug-likeness (QED) is 0.437. The van der Waals surface area contributed by atoms with Gasteiger partial charge in [-0.15, -0.1) is 0 Å². The van der Waals surface area contributed by atoms with Crippen LogP contribution in [0, 0.1) is 11.8 Å². The van der Waals surface area contributed by atoms with Crippen LogP contribution in [0.25, 0.3) is 0 Å². The topological polar surface area (TPSA) is 82.3 Å². The van der Waals surface area contributed by atoms with E-state index in [9.17, 15) is 9.59 Å². The molecule has 1 aliphatic carbocycles. The molecule has 4 N–H and O–H groups in total. The van der Waals surface area contributed by atoms with E-state index in [4.69, 9.17) is 0 Å². The maximum Gasteiger partial charge on any atom is 0.319 e. The van der Waals surface area contributed by atoms with Crippen LogP contribution in [0.5, 0.6) is 0 Å². The molecule has 0 bridgehead atoms. The summed E-state index contributed by atoms with van der Waals surface area (Å²) >= 11 is 0. The Morgan fingerprint density at radius 2 is 1.12 bits per heavy atom. The molecule has 0 radical (unpaired) electrons. The van der Waals surface area contributed by atoms with E-state index in [0.717, 1.165) is 49.9 Å². The molecule has 0 saturated heterocycles. The fraction of sp³-hybridized carbons (Fsp3) is 0.462. The molecule has 3 rings (SSSR count). The maximum atomic E-state index is 12.2. The Morgan fingerprint density at radius 1 is 0.719 bits per heavy atom. The van der Waals surface area contributed by atoms with Crippen LogP contribution >= 0.6 is 0 Å². The summed E-state index contributed by atoms with van der Waals surface area (Å²) in [4.78, 5) is 24.5. The summed E-state index contributed by atoms with van der Waals surface area (Å²) in [5, 5.41) is 11.8. The average molecular weight is 437 g/mol. The van der Waals surface area contributed by atoms with Crippen molar-refractivity contribution in [2.75, 3.05) is 23.7 Å². The number of amides is 4. The number of hydrogen-bond donors (Lipinski definition) is 4. The lowest BCUT2D eigenvalue weighted by Crippen LogP contribution is -2.38. The van der Waals surface area contributed by atoms with Crippen LogP contribution in [0.2, 0.25) is 0 Å². The van der Waals surface area contributed by atoms with Crippen LogP contribution in [0.3, 0.4) is 0 Å². The van der Waals surface area contributed by atoms with Crippen LogP contribution in [0.15, 0.2) is 48.5 Å². The minimum atomic E-state index is -0.164. The highest BCUT2D eigenvalue weighted by Gasteiger charge is 2.23. The third-order valence-electron chi connectivity index (χ3n) is 6.23. The molecule has 6 nitrogen and oxygen atoms in total. The predicted octanol–water partition coefficient (Wildman–Crippen LogP) is 5.56. The van der Waals surface area contributed by atoms with Gasteiger partial charge in [0.05, 0.1) is 0 Å². The first-order valence-electron chi connectivity index (χ1n) is 11.8. The number of nitrogens with one attached hydrogen (secondary N) is 4. The maximum absolute atomic E-state index is 12.2. The van der Waals surface area contributed by atoms with E-state index in [1.165, 1.54) is 11.1 Å². The zero-order valence-electron chi connectivity index (χ0n) is 19.2. The van der Waals surface area contributed by atoms with Gasteiger partial charge in [0.15, 0.2) is 0 Å². The van der Waals surface area contributed by atoms with E-state index >= 15 is 0 Å². The Morgan fingerprint density at radius 3 is 1.50 bits per heavy atom. The minimum absolute atomic E-state index is 0.164. The van der Waals surface area contributed by atoms with Gasteiger partial charge >= 0.3 is 12.1 Å². The van der Waals surface area contributed by atoms with Crippen molar-refractivity contribution in [1.29, 1.82) is 0 Å². The van der Waals surface area contributed by atoms with Crippen molar-refractivity contribution < 1.29 is 9.59 Å². The lowest BCUT2D eigenvalue weighted by atomic mass is 9.81. The molecule has 2 aromatic carbocycles. The molecule has 1 fully saturated rings. The molecule has 0 spiro atoms. The van der Waals surface area contributed by atoms with Gasteiger partial charge < -0.3 is 21.3 Å². The number of urea groups is 2. The average Bonchev–Trinajstić information content (AvgIpc) is 2.83. The molecule has 1 saturated carbocycles. The molecule has 2 aromatic rings. The normalized spacial score (nSPS) is 17.9. The molecule has 0 aliphatic heterocycles. The number of carbonyl (C=O) groups is 2. The second-order valence-corrected chi connectivity index (χ2v) is 8.67. The Hall–Kier alpha value is -3.02. The predicted molar refractivity (Wildman–Crippen MR) is 131 cm³/mol. The van der Waals surface area contributed by atoms with Crippen molar-refractivity contribution in [3.63, 3.8) is 0 Å². The summed E-state index contributed by atoms with van der Waals surface area (Å²) in [5.41, 5.74) is 4.11. The van der Waals surface area contributed by atoms with E-state index in [1.54, 1.807) is 0 Å². The van der Waals surface area contributed by atoms with Crippen LogP contribution in [-0.2, 0) is 12.8 Å². The van der Waals surface area contributed by atoms with Crippen molar-refractivity contribution in [1.82, 2.24) is 10.6 Å². The Bertz CT molecular complexity index is 793. The third-order valence-corrected chi connectivity index (χ3v) is 6.23. The zero-order valence-corrected chi connectivity index (χ0v) is 19.2. The van der Waals surface area contributed by atoms with Gasteiger partial charge in [0, 0.05) is 24.5 Å². The van der Waals surface area contributed by atoms with Crippen molar-refractivity contribution in [2.45, 2.75) is 52.4 Å². The number of benzene rings is 2. The van der Waals surface area contributed by atoms with Crippen molar-refractivity contribution in [2.24, 2.45) is 11.8 Å². The number of aryl methyl sites for hydroxylation is 2. The molecule has 32 heavy (non-hydrogen) atoms. The summed E-state index contributed by atoms with van der Waals surface area (Å²) in [6.07, 6.45) is 6.32. The Balaban J connectivity index is 1.35. The van der Waals surface area contributed by atoms with E-state index in [0.29, 0.717) is 24.9 Å². The van der Waals surface area contributed by atoms with E-state index in [1.807, 2.05) is 48.5 Å². The fourth-order valence-electron chi connectivity index (χ4n) is 4.25. The molecule has 6 heteroatoms. The second kappa shape index (κ2) is 12.1. The number of anilines is 2.